The molecule has 0 unspecified atom stereocenters. The molecule has 1 heterocycles. The molecule has 1 aromatic carbocycles. The molecule has 7 heteroatoms. The molecule has 2 rings (SSSR count). The zero-order chi connectivity index (χ0) is 17.0. The third kappa shape index (κ3) is 4.70. The molecule has 0 aliphatic carbocycles. The number of hydrogen-bond acceptors (Lipinski definition) is 5. The molecule has 0 saturated carbocycles. The van der Waals surface area contributed by atoms with Crippen molar-refractivity contribution in [1.82, 2.24) is 9.96 Å². The lowest BCUT2D eigenvalue weighted by Crippen LogP contribution is -2.53. The Kier molecular flexibility index (Phi) is 4.88. The van der Waals surface area contributed by atoms with E-state index in [9.17, 15) is 14.4 Å². The second-order valence-corrected chi connectivity index (χ2v) is 6.14. The number of ether oxygens (including phenoxy) is 1. The van der Waals surface area contributed by atoms with Crippen LogP contribution in [0.15, 0.2) is 30.3 Å². The van der Waals surface area contributed by atoms with Crippen molar-refractivity contribution in [2.24, 2.45) is 0 Å². The van der Waals surface area contributed by atoms with Crippen LogP contribution < -0.4 is 0 Å². The molecule has 1 aliphatic heterocycles. The Morgan fingerprint density at radius 2 is 1.74 bits per heavy atom. The zero-order valence-corrected chi connectivity index (χ0v) is 13.4. The second-order valence-electron chi connectivity index (χ2n) is 6.14. The van der Waals surface area contributed by atoms with Crippen LogP contribution in [-0.2, 0) is 14.4 Å². The highest BCUT2D eigenvalue weighted by Crippen LogP contribution is 2.13. The molecule has 0 N–H and O–H groups in total. The highest BCUT2D eigenvalue weighted by Gasteiger charge is 2.32. The molecule has 1 aliphatic rings. The standard InChI is InChI=1S/C16H20N2O5/c1-16(2,3)22-15(21)17-9-10-18(13(19)11-17)23-14(20)12-7-5-4-6-8-12/h4-8H,9-11H2,1-3H3. The van der Waals surface area contributed by atoms with Crippen LogP contribution in [0.2, 0.25) is 0 Å². The predicted octanol–water partition coefficient (Wildman–Crippen LogP) is 1.84. The molecule has 0 spiro atoms. The lowest BCUT2D eigenvalue weighted by atomic mass is 10.2. The monoisotopic (exact) mass is 320 g/mol. The van der Waals surface area contributed by atoms with Gasteiger partial charge in [-0.15, -0.1) is 0 Å². The summed E-state index contributed by atoms with van der Waals surface area (Å²) in [5.41, 5.74) is -0.272. The molecule has 124 valence electrons. The minimum absolute atomic E-state index is 0.108. The van der Waals surface area contributed by atoms with E-state index in [2.05, 4.69) is 0 Å². The number of nitrogens with zero attached hydrogens (tertiary/aromatic N) is 2. The summed E-state index contributed by atoms with van der Waals surface area (Å²) in [6.45, 7) is 5.43. The van der Waals surface area contributed by atoms with E-state index in [1.807, 2.05) is 0 Å². The fourth-order valence-corrected chi connectivity index (χ4v) is 1.96. The fraction of sp³-hybridized carbons (Fsp3) is 0.438. The second kappa shape index (κ2) is 6.68. The summed E-state index contributed by atoms with van der Waals surface area (Å²) in [6.07, 6.45) is -0.556. The van der Waals surface area contributed by atoms with Crippen LogP contribution in [0.4, 0.5) is 4.79 Å². The molecule has 0 atom stereocenters. The van der Waals surface area contributed by atoms with Crippen LogP contribution in [0, 0.1) is 0 Å². The first-order chi connectivity index (χ1) is 10.8. The highest BCUT2D eigenvalue weighted by molar-refractivity contribution is 5.91. The van der Waals surface area contributed by atoms with Gasteiger partial charge in [-0.25, -0.2) is 9.59 Å². The molecule has 0 radical (unpaired) electrons. The molecule has 7 nitrogen and oxygen atoms in total. The maximum Gasteiger partial charge on any atom is 0.410 e. The summed E-state index contributed by atoms with van der Waals surface area (Å²) >= 11 is 0. The molecule has 1 aromatic rings. The minimum atomic E-state index is -0.628. The van der Waals surface area contributed by atoms with E-state index in [1.54, 1.807) is 51.1 Å². The van der Waals surface area contributed by atoms with E-state index in [-0.39, 0.29) is 19.6 Å². The van der Waals surface area contributed by atoms with E-state index in [1.165, 1.54) is 4.90 Å². The van der Waals surface area contributed by atoms with Crippen LogP contribution in [0.3, 0.4) is 0 Å². The summed E-state index contributed by atoms with van der Waals surface area (Å²) in [7, 11) is 0. The Morgan fingerprint density at radius 1 is 1.09 bits per heavy atom. The maximum absolute atomic E-state index is 12.0. The number of rotatable bonds is 2. The summed E-state index contributed by atoms with van der Waals surface area (Å²) in [6, 6.07) is 8.40. The van der Waals surface area contributed by atoms with Crippen molar-refractivity contribution in [1.29, 1.82) is 0 Å². The van der Waals surface area contributed by atoms with Gasteiger partial charge in [-0.1, -0.05) is 18.2 Å². The van der Waals surface area contributed by atoms with Gasteiger partial charge >= 0.3 is 12.1 Å². The molecule has 0 aromatic heterocycles. The van der Waals surface area contributed by atoms with Crippen molar-refractivity contribution in [2.75, 3.05) is 19.6 Å². The van der Waals surface area contributed by atoms with Gasteiger partial charge < -0.3 is 9.57 Å². The molecule has 1 fully saturated rings. The predicted molar refractivity (Wildman–Crippen MR) is 81.4 cm³/mol. The molecular weight excluding hydrogens is 300 g/mol. The third-order valence-electron chi connectivity index (χ3n) is 3.03. The zero-order valence-electron chi connectivity index (χ0n) is 13.4. The van der Waals surface area contributed by atoms with Crippen LogP contribution >= 0.6 is 0 Å². The molecule has 23 heavy (non-hydrogen) atoms. The molecular formula is C16H20N2O5. The van der Waals surface area contributed by atoms with Gasteiger partial charge in [0.2, 0.25) is 0 Å². The first kappa shape index (κ1) is 16.8. The van der Waals surface area contributed by atoms with Crippen molar-refractivity contribution in [3.05, 3.63) is 35.9 Å². The first-order valence-electron chi connectivity index (χ1n) is 7.32. The molecule has 0 bridgehead atoms. The Hall–Kier alpha value is -2.57. The van der Waals surface area contributed by atoms with Gasteiger partial charge in [-0.05, 0) is 32.9 Å². The van der Waals surface area contributed by atoms with Gasteiger partial charge in [-0.3, -0.25) is 9.69 Å². The van der Waals surface area contributed by atoms with Gasteiger partial charge in [0.1, 0.15) is 12.1 Å². The lowest BCUT2D eigenvalue weighted by molar-refractivity contribution is -0.175. The topological polar surface area (TPSA) is 76.2 Å². The number of carbonyl (C=O) groups is 3. The molecule has 1 saturated heterocycles. The average Bonchev–Trinajstić information content (AvgIpc) is 2.48. The fourth-order valence-electron chi connectivity index (χ4n) is 1.96. The number of hydroxylamine groups is 2. The Labute approximate surface area is 134 Å². The number of hydrogen-bond donors (Lipinski definition) is 0. The van der Waals surface area contributed by atoms with Crippen LogP contribution in [0.25, 0.3) is 0 Å². The smallest absolute Gasteiger partial charge is 0.410 e. The molecule has 2 amide bonds. The van der Waals surface area contributed by atoms with E-state index in [4.69, 9.17) is 9.57 Å². The van der Waals surface area contributed by atoms with Crippen LogP contribution in [0.5, 0.6) is 0 Å². The Balaban J connectivity index is 1.91. The van der Waals surface area contributed by atoms with Gasteiger partial charge in [0, 0.05) is 6.54 Å². The van der Waals surface area contributed by atoms with Gasteiger partial charge in [0.05, 0.1) is 12.1 Å². The Morgan fingerprint density at radius 3 is 2.30 bits per heavy atom. The first-order valence-corrected chi connectivity index (χ1v) is 7.32. The SMILES string of the molecule is CC(C)(C)OC(=O)N1CCN(OC(=O)c2ccccc2)C(=O)C1. The highest BCUT2D eigenvalue weighted by atomic mass is 16.7. The summed E-state index contributed by atoms with van der Waals surface area (Å²) in [4.78, 5) is 42.3. The van der Waals surface area contributed by atoms with Crippen LogP contribution in [-0.4, -0.2) is 53.2 Å². The van der Waals surface area contributed by atoms with E-state index in [0.717, 1.165) is 5.06 Å². The number of carbonyl (C=O) groups excluding carboxylic acids is 3. The quantitative estimate of drug-likeness (QED) is 0.831. The third-order valence-corrected chi connectivity index (χ3v) is 3.03. The van der Waals surface area contributed by atoms with Crippen molar-refractivity contribution in [3.63, 3.8) is 0 Å². The van der Waals surface area contributed by atoms with Crippen molar-refractivity contribution < 1.29 is 24.0 Å². The van der Waals surface area contributed by atoms with E-state index < -0.39 is 23.6 Å². The van der Waals surface area contributed by atoms with Gasteiger partial charge in [0.25, 0.3) is 5.91 Å². The van der Waals surface area contributed by atoms with Crippen molar-refractivity contribution in [3.8, 4) is 0 Å². The van der Waals surface area contributed by atoms with Gasteiger partial charge in [-0.2, -0.15) is 5.06 Å². The minimum Gasteiger partial charge on any atom is -0.444 e. The van der Waals surface area contributed by atoms with Crippen LogP contribution in [0.1, 0.15) is 31.1 Å². The van der Waals surface area contributed by atoms with Crippen molar-refractivity contribution >= 4 is 18.0 Å². The summed E-state index contributed by atoms with van der Waals surface area (Å²) in [5.74, 6) is -1.07. The van der Waals surface area contributed by atoms with E-state index >= 15 is 0 Å². The van der Waals surface area contributed by atoms with E-state index in [0.29, 0.717) is 5.56 Å². The maximum atomic E-state index is 12.0. The Bertz CT molecular complexity index is 594. The van der Waals surface area contributed by atoms with Gasteiger partial charge in [0.15, 0.2) is 0 Å². The number of amides is 2. The normalized spacial score (nSPS) is 15.3. The number of benzene rings is 1. The average molecular weight is 320 g/mol. The van der Waals surface area contributed by atoms with Crippen molar-refractivity contribution in [2.45, 2.75) is 26.4 Å². The largest absolute Gasteiger partial charge is 0.444 e. The lowest BCUT2D eigenvalue weighted by Gasteiger charge is -2.33. The summed E-state index contributed by atoms with van der Waals surface area (Å²) < 4.78 is 5.22. The number of piperazine rings is 1. The summed E-state index contributed by atoms with van der Waals surface area (Å²) in [5, 5.41) is 0.982.